The highest BCUT2D eigenvalue weighted by Gasteiger charge is 2.21. The Morgan fingerprint density at radius 2 is 2.29 bits per heavy atom. The van der Waals surface area contributed by atoms with E-state index in [1.807, 2.05) is 30.3 Å². The maximum Gasteiger partial charge on any atom is 0.315 e. The predicted octanol–water partition coefficient (Wildman–Crippen LogP) is 2.76. The highest BCUT2D eigenvalue weighted by molar-refractivity contribution is 5.74. The topological polar surface area (TPSA) is 66.7 Å². The minimum absolute atomic E-state index is 0.126. The summed E-state index contributed by atoms with van der Waals surface area (Å²) in [7, 11) is 1.67. The lowest BCUT2D eigenvalue weighted by Gasteiger charge is -2.34. The van der Waals surface area contributed by atoms with E-state index in [9.17, 15) is 4.79 Å². The van der Waals surface area contributed by atoms with Crippen LogP contribution in [0.15, 0.2) is 47.1 Å². The molecule has 128 valence electrons. The fourth-order valence-corrected chi connectivity index (χ4v) is 2.95. The number of urea groups is 1. The second-order valence-electron chi connectivity index (χ2n) is 5.89. The van der Waals surface area contributed by atoms with Crippen molar-refractivity contribution < 1.29 is 13.9 Å². The molecule has 0 radical (unpaired) electrons. The molecule has 2 N–H and O–H groups in total. The molecule has 1 aliphatic rings. The van der Waals surface area contributed by atoms with Crippen LogP contribution in [-0.4, -0.2) is 32.3 Å². The first-order valence-corrected chi connectivity index (χ1v) is 8.20. The van der Waals surface area contributed by atoms with Crippen LogP contribution in [0, 0.1) is 0 Å². The Bertz CT molecular complexity index is 657. The number of carbonyl (C=O) groups is 1. The third-order valence-electron chi connectivity index (χ3n) is 4.18. The van der Waals surface area contributed by atoms with Crippen molar-refractivity contribution in [3.8, 4) is 5.75 Å². The van der Waals surface area contributed by atoms with Gasteiger partial charge >= 0.3 is 6.03 Å². The van der Waals surface area contributed by atoms with Gasteiger partial charge in [0.1, 0.15) is 11.5 Å². The summed E-state index contributed by atoms with van der Waals surface area (Å²) in [5, 5.41) is 5.87. The minimum Gasteiger partial charge on any atom is -0.497 e. The Balaban J connectivity index is 1.52. The molecule has 1 fully saturated rings. The molecule has 1 aromatic heterocycles. The van der Waals surface area contributed by atoms with Crippen LogP contribution >= 0.6 is 0 Å². The molecule has 1 saturated heterocycles. The number of nitrogens with zero attached hydrogens (tertiary/aromatic N) is 1. The SMILES string of the molecule is COc1cccc(N2CCCC(NC(=O)NCc3ccco3)C2)c1. The summed E-state index contributed by atoms with van der Waals surface area (Å²) in [6.07, 6.45) is 3.62. The largest absolute Gasteiger partial charge is 0.497 e. The molecule has 2 heterocycles. The van der Waals surface area contributed by atoms with E-state index in [-0.39, 0.29) is 12.1 Å². The second kappa shape index (κ2) is 7.77. The number of ether oxygens (including phenoxy) is 1. The molecule has 1 atom stereocenters. The lowest BCUT2D eigenvalue weighted by atomic mass is 10.0. The summed E-state index contributed by atoms with van der Waals surface area (Å²) >= 11 is 0. The lowest BCUT2D eigenvalue weighted by molar-refractivity contribution is 0.233. The Morgan fingerprint density at radius 1 is 1.38 bits per heavy atom. The molecule has 1 unspecified atom stereocenters. The molecule has 6 heteroatoms. The summed E-state index contributed by atoms with van der Waals surface area (Å²) in [5.41, 5.74) is 1.12. The standard InChI is InChI=1S/C18H23N3O3/c1-23-16-7-2-6-15(11-16)21-9-3-5-14(13-21)20-18(22)19-12-17-8-4-10-24-17/h2,4,6-8,10-11,14H,3,5,9,12-13H2,1H3,(H2,19,20,22). The smallest absolute Gasteiger partial charge is 0.315 e. The molecule has 0 saturated carbocycles. The number of amides is 2. The van der Waals surface area contributed by atoms with Crippen LogP contribution in [-0.2, 0) is 6.54 Å². The molecule has 0 spiro atoms. The fraction of sp³-hybridized carbons (Fsp3) is 0.389. The van der Waals surface area contributed by atoms with Crippen LogP contribution in [0.5, 0.6) is 5.75 Å². The number of anilines is 1. The van der Waals surface area contributed by atoms with E-state index < -0.39 is 0 Å². The lowest BCUT2D eigenvalue weighted by Crippen LogP contribution is -2.50. The zero-order valence-corrected chi connectivity index (χ0v) is 13.8. The highest BCUT2D eigenvalue weighted by atomic mass is 16.5. The molecular formula is C18H23N3O3. The van der Waals surface area contributed by atoms with E-state index in [1.165, 1.54) is 0 Å². The molecule has 3 rings (SSSR count). The van der Waals surface area contributed by atoms with Gasteiger partial charge in [-0.1, -0.05) is 6.07 Å². The van der Waals surface area contributed by atoms with Gasteiger partial charge in [-0.25, -0.2) is 4.79 Å². The van der Waals surface area contributed by atoms with Crippen LogP contribution in [0.3, 0.4) is 0 Å². The number of methoxy groups -OCH3 is 1. The molecule has 0 bridgehead atoms. The number of hydrogen-bond acceptors (Lipinski definition) is 4. The molecular weight excluding hydrogens is 306 g/mol. The molecule has 0 aliphatic carbocycles. The number of nitrogens with one attached hydrogen (secondary N) is 2. The first-order valence-electron chi connectivity index (χ1n) is 8.20. The van der Waals surface area contributed by atoms with Crippen LogP contribution < -0.4 is 20.3 Å². The molecule has 6 nitrogen and oxygen atoms in total. The highest BCUT2D eigenvalue weighted by Crippen LogP contribution is 2.24. The molecule has 2 amide bonds. The van der Waals surface area contributed by atoms with Gasteiger partial charge in [-0.15, -0.1) is 0 Å². The first-order chi connectivity index (χ1) is 11.7. The van der Waals surface area contributed by atoms with Crippen LogP contribution in [0.25, 0.3) is 0 Å². The van der Waals surface area contributed by atoms with Crippen molar-refractivity contribution >= 4 is 11.7 Å². The van der Waals surface area contributed by atoms with E-state index in [0.717, 1.165) is 43.1 Å². The normalized spacial score (nSPS) is 17.4. The number of rotatable bonds is 5. The van der Waals surface area contributed by atoms with Gasteiger partial charge in [0.2, 0.25) is 0 Å². The summed E-state index contributed by atoms with van der Waals surface area (Å²) in [5.74, 6) is 1.59. The van der Waals surface area contributed by atoms with Gasteiger partial charge in [-0.3, -0.25) is 0 Å². The van der Waals surface area contributed by atoms with Crippen molar-refractivity contribution in [3.05, 3.63) is 48.4 Å². The van der Waals surface area contributed by atoms with E-state index in [1.54, 1.807) is 13.4 Å². The zero-order valence-electron chi connectivity index (χ0n) is 13.8. The average Bonchev–Trinajstić information content (AvgIpc) is 3.14. The van der Waals surface area contributed by atoms with Crippen molar-refractivity contribution in [2.24, 2.45) is 0 Å². The van der Waals surface area contributed by atoms with Gasteiger partial charge in [0.15, 0.2) is 0 Å². The van der Waals surface area contributed by atoms with Gasteiger partial charge in [0.25, 0.3) is 0 Å². The van der Waals surface area contributed by atoms with Gasteiger partial charge < -0.3 is 24.7 Å². The van der Waals surface area contributed by atoms with Crippen molar-refractivity contribution in [2.75, 3.05) is 25.1 Å². The van der Waals surface area contributed by atoms with E-state index in [2.05, 4.69) is 21.6 Å². The second-order valence-corrected chi connectivity index (χ2v) is 5.89. The predicted molar refractivity (Wildman–Crippen MR) is 92.3 cm³/mol. The first kappa shape index (κ1) is 16.2. The quantitative estimate of drug-likeness (QED) is 0.885. The fourth-order valence-electron chi connectivity index (χ4n) is 2.95. The number of furan rings is 1. The molecule has 24 heavy (non-hydrogen) atoms. The molecule has 2 aromatic rings. The van der Waals surface area contributed by atoms with Crippen molar-refractivity contribution in [1.29, 1.82) is 0 Å². The third-order valence-corrected chi connectivity index (χ3v) is 4.18. The van der Waals surface area contributed by atoms with Gasteiger partial charge in [-0.05, 0) is 37.1 Å². The monoisotopic (exact) mass is 329 g/mol. The van der Waals surface area contributed by atoms with Crippen LogP contribution in [0.1, 0.15) is 18.6 Å². The van der Waals surface area contributed by atoms with Gasteiger partial charge in [-0.2, -0.15) is 0 Å². The Labute approximate surface area is 141 Å². The zero-order chi connectivity index (χ0) is 16.8. The van der Waals surface area contributed by atoms with Gasteiger partial charge in [0, 0.05) is 30.9 Å². The number of benzene rings is 1. The van der Waals surface area contributed by atoms with E-state index >= 15 is 0 Å². The van der Waals surface area contributed by atoms with E-state index in [0.29, 0.717) is 6.54 Å². The summed E-state index contributed by atoms with van der Waals surface area (Å²) in [6, 6.07) is 11.6. The number of piperidine rings is 1. The Hall–Kier alpha value is -2.63. The van der Waals surface area contributed by atoms with E-state index in [4.69, 9.17) is 9.15 Å². The third kappa shape index (κ3) is 4.22. The van der Waals surface area contributed by atoms with Gasteiger partial charge in [0.05, 0.1) is 19.9 Å². The Morgan fingerprint density at radius 3 is 3.08 bits per heavy atom. The van der Waals surface area contributed by atoms with Crippen LogP contribution in [0.2, 0.25) is 0 Å². The van der Waals surface area contributed by atoms with Crippen molar-refractivity contribution in [2.45, 2.75) is 25.4 Å². The number of hydrogen-bond donors (Lipinski definition) is 2. The maximum absolute atomic E-state index is 12.0. The Kier molecular flexibility index (Phi) is 5.25. The van der Waals surface area contributed by atoms with Crippen molar-refractivity contribution in [3.63, 3.8) is 0 Å². The molecule has 1 aromatic carbocycles. The summed E-state index contributed by atoms with van der Waals surface area (Å²) in [6.45, 7) is 2.17. The van der Waals surface area contributed by atoms with Crippen molar-refractivity contribution in [1.82, 2.24) is 10.6 Å². The number of carbonyl (C=O) groups excluding carboxylic acids is 1. The summed E-state index contributed by atoms with van der Waals surface area (Å²) in [4.78, 5) is 14.3. The minimum atomic E-state index is -0.163. The summed E-state index contributed by atoms with van der Waals surface area (Å²) < 4.78 is 10.5. The van der Waals surface area contributed by atoms with Crippen LogP contribution in [0.4, 0.5) is 10.5 Å². The maximum atomic E-state index is 12.0. The molecule has 1 aliphatic heterocycles. The average molecular weight is 329 g/mol.